The number of aromatic nitrogens is 2. The normalized spacial score (nSPS) is 17.0. The molecule has 1 fully saturated rings. The van der Waals surface area contributed by atoms with Gasteiger partial charge in [0.15, 0.2) is 0 Å². The molecule has 0 bridgehead atoms. The summed E-state index contributed by atoms with van der Waals surface area (Å²) in [5.74, 6) is 0. The molecule has 2 rings (SSSR count). The maximum atomic E-state index is 12.3. The SMILES string of the molecule is Cc1nn(C2CCCC2)cc1S(=O)(=O)NCCCN(C)C. The van der Waals surface area contributed by atoms with Gasteiger partial charge in [-0.2, -0.15) is 5.10 Å². The number of sulfonamides is 1. The lowest BCUT2D eigenvalue weighted by Gasteiger charge is -2.10. The van der Waals surface area contributed by atoms with Crippen LogP contribution in [-0.2, 0) is 10.0 Å². The van der Waals surface area contributed by atoms with Gasteiger partial charge in [0.2, 0.25) is 10.0 Å². The lowest BCUT2D eigenvalue weighted by molar-refractivity contribution is 0.400. The Labute approximate surface area is 127 Å². The van der Waals surface area contributed by atoms with Gasteiger partial charge in [-0.3, -0.25) is 4.68 Å². The third-order valence-electron chi connectivity index (χ3n) is 3.93. The number of hydrogen-bond acceptors (Lipinski definition) is 4. The van der Waals surface area contributed by atoms with Gasteiger partial charge in [-0.15, -0.1) is 0 Å². The van der Waals surface area contributed by atoms with E-state index in [9.17, 15) is 8.42 Å². The summed E-state index contributed by atoms with van der Waals surface area (Å²) in [6.07, 6.45) is 7.08. The number of nitrogens with zero attached hydrogens (tertiary/aromatic N) is 3. The van der Waals surface area contributed by atoms with Crippen LogP contribution in [0.2, 0.25) is 0 Å². The second-order valence-corrected chi connectivity index (χ2v) is 7.79. The van der Waals surface area contributed by atoms with Crippen LogP contribution in [0.1, 0.15) is 43.8 Å². The monoisotopic (exact) mass is 314 g/mol. The van der Waals surface area contributed by atoms with Crippen LogP contribution >= 0.6 is 0 Å². The predicted octanol–water partition coefficient (Wildman–Crippen LogP) is 1.54. The molecule has 0 aromatic carbocycles. The van der Waals surface area contributed by atoms with Crippen molar-refractivity contribution in [3.05, 3.63) is 11.9 Å². The van der Waals surface area contributed by atoms with E-state index >= 15 is 0 Å². The molecular formula is C14H26N4O2S. The molecule has 0 spiro atoms. The first kappa shape index (κ1) is 16.5. The molecule has 0 saturated heterocycles. The second kappa shape index (κ2) is 6.89. The van der Waals surface area contributed by atoms with Gasteiger partial charge in [-0.25, -0.2) is 13.1 Å². The Kier molecular flexibility index (Phi) is 5.40. The van der Waals surface area contributed by atoms with Crippen LogP contribution < -0.4 is 4.72 Å². The first-order chi connectivity index (χ1) is 9.90. The Morgan fingerprint density at radius 3 is 2.67 bits per heavy atom. The average Bonchev–Trinajstić information content (AvgIpc) is 3.03. The molecule has 120 valence electrons. The first-order valence-corrected chi connectivity index (χ1v) is 9.08. The van der Waals surface area contributed by atoms with Crippen molar-refractivity contribution in [1.82, 2.24) is 19.4 Å². The molecule has 0 atom stereocenters. The standard InChI is InChI=1S/C14H26N4O2S/c1-12-14(11-18(16-12)13-7-4-5-8-13)21(19,20)15-9-6-10-17(2)3/h11,13,15H,4-10H2,1-3H3. The average molecular weight is 314 g/mol. The molecule has 7 heteroatoms. The van der Waals surface area contributed by atoms with Gasteiger partial charge in [-0.05, 0) is 46.8 Å². The van der Waals surface area contributed by atoms with E-state index in [4.69, 9.17) is 0 Å². The molecule has 0 amide bonds. The molecule has 0 radical (unpaired) electrons. The molecular weight excluding hydrogens is 288 g/mol. The lowest BCUT2D eigenvalue weighted by Crippen LogP contribution is -2.27. The highest BCUT2D eigenvalue weighted by Crippen LogP contribution is 2.30. The second-order valence-electron chi connectivity index (χ2n) is 6.05. The van der Waals surface area contributed by atoms with Gasteiger partial charge in [0.1, 0.15) is 4.90 Å². The Balaban J connectivity index is 2.02. The summed E-state index contributed by atoms with van der Waals surface area (Å²) < 4.78 is 29.2. The molecule has 1 aromatic heterocycles. The molecule has 0 unspecified atom stereocenters. The summed E-state index contributed by atoms with van der Waals surface area (Å²) in [5.41, 5.74) is 0.585. The summed E-state index contributed by atoms with van der Waals surface area (Å²) >= 11 is 0. The zero-order valence-electron chi connectivity index (χ0n) is 13.2. The molecule has 0 aliphatic heterocycles. The molecule has 1 aliphatic carbocycles. The Hall–Kier alpha value is -0.920. The third-order valence-corrected chi connectivity index (χ3v) is 5.50. The topological polar surface area (TPSA) is 67.2 Å². The van der Waals surface area contributed by atoms with Gasteiger partial charge < -0.3 is 4.90 Å². The van der Waals surface area contributed by atoms with Crippen molar-refractivity contribution < 1.29 is 8.42 Å². The van der Waals surface area contributed by atoms with E-state index in [-0.39, 0.29) is 0 Å². The van der Waals surface area contributed by atoms with E-state index < -0.39 is 10.0 Å². The summed E-state index contributed by atoms with van der Waals surface area (Å²) in [5, 5.41) is 4.40. The maximum absolute atomic E-state index is 12.3. The summed E-state index contributed by atoms with van der Waals surface area (Å²) in [7, 11) is 0.503. The number of aryl methyl sites for hydroxylation is 1. The minimum absolute atomic E-state index is 0.319. The van der Waals surface area contributed by atoms with E-state index in [1.165, 1.54) is 12.8 Å². The van der Waals surface area contributed by atoms with E-state index in [0.29, 0.717) is 23.2 Å². The zero-order chi connectivity index (χ0) is 15.5. The van der Waals surface area contributed by atoms with Crippen LogP contribution in [0.25, 0.3) is 0 Å². The summed E-state index contributed by atoms with van der Waals surface area (Å²) in [6, 6.07) is 0.362. The third kappa shape index (κ3) is 4.28. The van der Waals surface area contributed by atoms with Crippen molar-refractivity contribution in [1.29, 1.82) is 0 Å². The van der Waals surface area contributed by atoms with Crippen molar-refractivity contribution >= 4 is 10.0 Å². The predicted molar refractivity (Wildman–Crippen MR) is 82.8 cm³/mol. The highest BCUT2D eigenvalue weighted by atomic mass is 32.2. The fourth-order valence-electron chi connectivity index (χ4n) is 2.76. The minimum atomic E-state index is -3.45. The van der Waals surface area contributed by atoms with E-state index in [1.54, 1.807) is 13.1 Å². The Bertz CT molecular complexity index is 560. The van der Waals surface area contributed by atoms with Crippen LogP contribution in [0.5, 0.6) is 0 Å². The molecule has 1 heterocycles. The van der Waals surface area contributed by atoms with Crippen molar-refractivity contribution in [3.63, 3.8) is 0 Å². The van der Waals surface area contributed by atoms with E-state index in [1.807, 2.05) is 23.7 Å². The first-order valence-electron chi connectivity index (χ1n) is 7.60. The van der Waals surface area contributed by atoms with Crippen LogP contribution in [0.3, 0.4) is 0 Å². The quantitative estimate of drug-likeness (QED) is 0.775. The molecule has 1 N–H and O–H groups in total. The highest BCUT2D eigenvalue weighted by Gasteiger charge is 2.24. The number of hydrogen-bond donors (Lipinski definition) is 1. The number of nitrogens with one attached hydrogen (secondary N) is 1. The highest BCUT2D eigenvalue weighted by molar-refractivity contribution is 7.89. The summed E-state index contributed by atoms with van der Waals surface area (Å²) in [6.45, 7) is 3.08. The summed E-state index contributed by atoms with van der Waals surface area (Å²) in [4.78, 5) is 2.36. The van der Waals surface area contributed by atoms with E-state index in [2.05, 4.69) is 9.82 Å². The van der Waals surface area contributed by atoms with Crippen LogP contribution in [0, 0.1) is 6.92 Å². The molecule has 1 saturated carbocycles. The van der Waals surface area contributed by atoms with Gasteiger partial charge in [0, 0.05) is 12.7 Å². The van der Waals surface area contributed by atoms with Gasteiger partial charge in [0.25, 0.3) is 0 Å². The Morgan fingerprint density at radius 1 is 1.38 bits per heavy atom. The van der Waals surface area contributed by atoms with Crippen molar-refractivity contribution in [2.45, 2.75) is 50.0 Å². The van der Waals surface area contributed by atoms with Crippen LogP contribution in [-0.4, -0.2) is 50.3 Å². The van der Waals surface area contributed by atoms with E-state index in [0.717, 1.165) is 25.8 Å². The Morgan fingerprint density at radius 2 is 2.05 bits per heavy atom. The zero-order valence-corrected chi connectivity index (χ0v) is 14.0. The van der Waals surface area contributed by atoms with Gasteiger partial charge in [-0.1, -0.05) is 12.8 Å². The van der Waals surface area contributed by atoms with Crippen molar-refractivity contribution in [2.75, 3.05) is 27.2 Å². The van der Waals surface area contributed by atoms with Crippen molar-refractivity contribution in [2.24, 2.45) is 0 Å². The van der Waals surface area contributed by atoms with Crippen LogP contribution in [0.15, 0.2) is 11.1 Å². The maximum Gasteiger partial charge on any atom is 0.243 e. The largest absolute Gasteiger partial charge is 0.309 e. The molecule has 1 aliphatic rings. The molecule has 1 aromatic rings. The van der Waals surface area contributed by atoms with Crippen LogP contribution in [0.4, 0.5) is 0 Å². The smallest absolute Gasteiger partial charge is 0.243 e. The fraction of sp³-hybridized carbons (Fsp3) is 0.786. The van der Waals surface area contributed by atoms with Gasteiger partial charge in [0.05, 0.1) is 11.7 Å². The van der Waals surface area contributed by atoms with Gasteiger partial charge >= 0.3 is 0 Å². The lowest BCUT2D eigenvalue weighted by atomic mass is 10.3. The molecule has 21 heavy (non-hydrogen) atoms. The molecule has 6 nitrogen and oxygen atoms in total. The van der Waals surface area contributed by atoms with Crippen molar-refractivity contribution in [3.8, 4) is 0 Å². The fourth-order valence-corrected chi connectivity index (χ4v) is 4.01. The minimum Gasteiger partial charge on any atom is -0.309 e. The number of rotatable bonds is 7.